The summed E-state index contributed by atoms with van der Waals surface area (Å²) in [6.45, 7) is 11.7. The average molecular weight is 291 g/mol. The van der Waals surface area contributed by atoms with Crippen LogP contribution in [0.2, 0.25) is 0 Å². The van der Waals surface area contributed by atoms with Gasteiger partial charge in [-0.2, -0.15) is 0 Å². The summed E-state index contributed by atoms with van der Waals surface area (Å²) >= 11 is 0. The molecule has 1 N–H and O–H groups in total. The van der Waals surface area contributed by atoms with Crippen LogP contribution in [0.25, 0.3) is 0 Å². The van der Waals surface area contributed by atoms with E-state index in [1.165, 1.54) is 0 Å². The maximum absolute atomic E-state index is 12.0. The van der Waals surface area contributed by atoms with E-state index in [4.69, 9.17) is 9.47 Å². The predicted molar refractivity (Wildman–Crippen MR) is 82.9 cm³/mol. The summed E-state index contributed by atoms with van der Waals surface area (Å²) in [4.78, 5) is 12.0. The Balaban J connectivity index is 2.10. The SMILES string of the molecule is CC(C)(C)C(=O)NCC(C)(C)c1ccc2c(c1)OCCO2. The third kappa shape index (κ3) is 3.69. The smallest absolute Gasteiger partial charge is 0.225 e. The van der Waals surface area contributed by atoms with Crippen molar-refractivity contribution in [3.05, 3.63) is 23.8 Å². The average Bonchev–Trinajstić information content (AvgIpc) is 2.43. The van der Waals surface area contributed by atoms with E-state index < -0.39 is 0 Å². The molecule has 0 fully saturated rings. The fourth-order valence-electron chi connectivity index (χ4n) is 2.13. The highest BCUT2D eigenvalue weighted by atomic mass is 16.6. The number of hydrogen-bond acceptors (Lipinski definition) is 3. The largest absolute Gasteiger partial charge is 0.486 e. The number of ether oxygens (including phenoxy) is 2. The Labute approximate surface area is 126 Å². The molecular weight excluding hydrogens is 266 g/mol. The topological polar surface area (TPSA) is 47.6 Å². The molecular formula is C17H25NO3. The van der Waals surface area contributed by atoms with Crippen LogP contribution in [0.4, 0.5) is 0 Å². The van der Waals surface area contributed by atoms with Gasteiger partial charge in [-0.25, -0.2) is 0 Å². The first kappa shape index (κ1) is 15.7. The van der Waals surface area contributed by atoms with E-state index in [2.05, 4.69) is 19.2 Å². The van der Waals surface area contributed by atoms with Crippen molar-refractivity contribution in [1.29, 1.82) is 0 Å². The highest BCUT2D eigenvalue weighted by Gasteiger charge is 2.27. The summed E-state index contributed by atoms with van der Waals surface area (Å²) in [6, 6.07) is 5.99. The molecule has 0 saturated heterocycles. The molecule has 1 heterocycles. The molecule has 1 aliphatic rings. The van der Waals surface area contributed by atoms with Crippen LogP contribution < -0.4 is 14.8 Å². The van der Waals surface area contributed by atoms with Gasteiger partial charge in [-0.3, -0.25) is 4.79 Å². The minimum absolute atomic E-state index is 0.0631. The molecule has 0 spiro atoms. The number of amides is 1. The lowest BCUT2D eigenvalue weighted by Crippen LogP contribution is -2.42. The Hall–Kier alpha value is -1.71. The standard InChI is InChI=1S/C17H25NO3/c1-16(2,3)15(19)18-11-17(4,5)12-6-7-13-14(10-12)21-9-8-20-13/h6-7,10H,8-9,11H2,1-5H3,(H,18,19). The Bertz CT molecular complexity index is 529. The van der Waals surface area contributed by atoms with Crippen molar-refractivity contribution in [2.45, 2.75) is 40.0 Å². The zero-order chi connectivity index (χ0) is 15.7. The summed E-state index contributed by atoms with van der Waals surface area (Å²) in [5.41, 5.74) is 0.584. The van der Waals surface area contributed by atoms with Crippen molar-refractivity contribution in [2.24, 2.45) is 5.41 Å². The summed E-state index contributed by atoms with van der Waals surface area (Å²) in [5.74, 6) is 1.64. The maximum Gasteiger partial charge on any atom is 0.225 e. The molecule has 4 nitrogen and oxygen atoms in total. The zero-order valence-electron chi connectivity index (χ0n) is 13.6. The third-order valence-corrected chi connectivity index (χ3v) is 3.70. The number of nitrogens with one attached hydrogen (secondary N) is 1. The van der Waals surface area contributed by atoms with Gasteiger partial charge in [0.2, 0.25) is 5.91 Å². The van der Waals surface area contributed by atoms with Gasteiger partial charge in [-0.15, -0.1) is 0 Å². The molecule has 0 aromatic heterocycles. The molecule has 1 aromatic rings. The summed E-state index contributed by atoms with van der Waals surface area (Å²) < 4.78 is 11.2. The monoisotopic (exact) mass is 291 g/mol. The van der Waals surface area contributed by atoms with Gasteiger partial charge in [-0.05, 0) is 17.7 Å². The molecule has 0 unspecified atom stereocenters. The maximum atomic E-state index is 12.0. The van der Waals surface area contributed by atoms with Gasteiger partial charge in [0.05, 0.1) is 0 Å². The molecule has 1 aliphatic heterocycles. The van der Waals surface area contributed by atoms with Crippen molar-refractivity contribution in [3.8, 4) is 11.5 Å². The molecule has 0 radical (unpaired) electrons. The van der Waals surface area contributed by atoms with Crippen LogP contribution in [0.3, 0.4) is 0 Å². The van der Waals surface area contributed by atoms with E-state index in [1.54, 1.807) is 0 Å². The number of carbonyl (C=O) groups excluding carboxylic acids is 1. The van der Waals surface area contributed by atoms with E-state index in [0.717, 1.165) is 17.1 Å². The third-order valence-electron chi connectivity index (χ3n) is 3.70. The zero-order valence-corrected chi connectivity index (χ0v) is 13.6. The lowest BCUT2D eigenvalue weighted by Gasteiger charge is -2.29. The Morgan fingerprint density at radius 3 is 2.33 bits per heavy atom. The normalized spacial score (nSPS) is 14.7. The summed E-state index contributed by atoms with van der Waals surface area (Å²) in [5, 5.41) is 3.03. The van der Waals surface area contributed by atoms with Crippen LogP contribution >= 0.6 is 0 Å². The van der Waals surface area contributed by atoms with Crippen LogP contribution in [0.1, 0.15) is 40.2 Å². The first-order valence-electron chi connectivity index (χ1n) is 7.38. The molecule has 0 atom stereocenters. The Morgan fingerprint density at radius 2 is 1.71 bits per heavy atom. The fraction of sp³-hybridized carbons (Fsp3) is 0.588. The van der Waals surface area contributed by atoms with Gasteiger partial charge in [0.1, 0.15) is 13.2 Å². The van der Waals surface area contributed by atoms with Crippen LogP contribution in [0.5, 0.6) is 11.5 Å². The molecule has 1 amide bonds. The molecule has 0 bridgehead atoms. The van der Waals surface area contributed by atoms with E-state index in [-0.39, 0.29) is 16.7 Å². The van der Waals surface area contributed by atoms with Gasteiger partial charge < -0.3 is 14.8 Å². The number of rotatable bonds is 3. The highest BCUT2D eigenvalue weighted by Crippen LogP contribution is 2.35. The second-order valence-corrected chi connectivity index (χ2v) is 7.17. The Kier molecular flexibility index (Phi) is 4.17. The number of hydrogen-bond donors (Lipinski definition) is 1. The second kappa shape index (κ2) is 5.58. The molecule has 21 heavy (non-hydrogen) atoms. The molecule has 0 saturated carbocycles. The van der Waals surface area contributed by atoms with Crippen LogP contribution in [-0.4, -0.2) is 25.7 Å². The van der Waals surface area contributed by atoms with E-state index in [0.29, 0.717) is 19.8 Å². The van der Waals surface area contributed by atoms with Crippen molar-refractivity contribution in [2.75, 3.05) is 19.8 Å². The molecule has 116 valence electrons. The van der Waals surface area contributed by atoms with Gasteiger partial charge in [0, 0.05) is 17.4 Å². The minimum Gasteiger partial charge on any atom is -0.486 e. The van der Waals surface area contributed by atoms with Crippen LogP contribution in [0, 0.1) is 5.41 Å². The number of benzene rings is 1. The lowest BCUT2D eigenvalue weighted by molar-refractivity contribution is -0.128. The molecule has 1 aromatic carbocycles. The number of fused-ring (bicyclic) bond motifs is 1. The van der Waals surface area contributed by atoms with Gasteiger partial charge in [0.15, 0.2) is 11.5 Å². The number of carbonyl (C=O) groups is 1. The molecule has 2 rings (SSSR count). The highest BCUT2D eigenvalue weighted by molar-refractivity contribution is 5.81. The Morgan fingerprint density at radius 1 is 1.10 bits per heavy atom. The van der Waals surface area contributed by atoms with Crippen molar-refractivity contribution >= 4 is 5.91 Å². The van der Waals surface area contributed by atoms with Crippen molar-refractivity contribution in [1.82, 2.24) is 5.32 Å². The van der Waals surface area contributed by atoms with Crippen LogP contribution in [-0.2, 0) is 10.2 Å². The molecule has 4 heteroatoms. The van der Waals surface area contributed by atoms with Crippen molar-refractivity contribution in [3.63, 3.8) is 0 Å². The first-order chi connectivity index (χ1) is 9.70. The summed E-state index contributed by atoms with van der Waals surface area (Å²) in [6.07, 6.45) is 0. The lowest BCUT2D eigenvalue weighted by atomic mass is 9.83. The van der Waals surface area contributed by atoms with E-state index in [1.807, 2.05) is 39.0 Å². The predicted octanol–water partition coefficient (Wildman–Crippen LogP) is 2.90. The molecule has 0 aliphatic carbocycles. The van der Waals surface area contributed by atoms with Gasteiger partial charge in [-0.1, -0.05) is 40.7 Å². The second-order valence-electron chi connectivity index (χ2n) is 7.17. The quantitative estimate of drug-likeness (QED) is 0.931. The van der Waals surface area contributed by atoms with Gasteiger partial charge >= 0.3 is 0 Å². The van der Waals surface area contributed by atoms with Crippen molar-refractivity contribution < 1.29 is 14.3 Å². The summed E-state index contributed by atoms with van der Waals surface area (Å²) in [7, 11) is 0. The van der Waals surface area contributed by atoms with Crippen LogP contribution in [0.15, 0.2) is 18.2 Å². The van der Waals surface area contributed by atoms with E-state index >= 15 is 0 Å². The minimum atomic E-state index is -0.372. The van der Waals surface area contributed by atoms with Gasteiger partial charge in [0.25, 0.3) is 0 Å². The first-order valence-corrected chi connectivity index (χ1v) is 7.38. The van der Waals surface area contributed by atoms with E-state index in [9.17, 15) is 4.79 Å². The fourth-order valence-corrected chi connectivity index (χ4v) is 2.13.